The summed E-state index contributed by atoms with van der Waals surface area (Å²) in [5, 5.41) is 0. The second-order valence-corrected chi connectivity index (χ2v) is 4.92. The van der Waals surface area contributed by atoms with Gasteiger partial charge >= 0.3 is 5.97 Å². The van der Waals surface area contributed by atoms with Gasteiger partial charge in [-0.15, -0.1) is 0 Å². The first-order valence-electron chi connectivity index (χ1n) is 6.47. The van der Waals surface area contributed by atoms with E-state index in [2.05, 4.69) is 19.0 Å². The summed E-state index contributed by atoms with van der Waals surface area (Å²) in [4.78, 5) is 13.6. The summed E-state index contributed by atoms with van der Waals surface area (Å²) >= 11 is 0. The van der Waals surface area contributed by atoms with Gasteiger partial charge in [0, 0.05) is 12.5 Å². The van der Waals surface area contributed by atoms with E-state index < -0.39 is 0 Å². The van der Waals surface area contributed by atoms with Gasteiger partial charge in [0.05, 0.1) is 6.61 Å². The van der Waals surface area contributed by atoms with Crippen LogP contribution < -0.4 is 0 Å². The molecule has 94 valence electrons. The van der Waals surface area contributed by atoms with Gasteiger partial charge in [0.25, 0.3) is 0 Å². The fourth-order valence-corrected chi connectivity index (χ4v) is 2.74. The molecule has 0 radical (unpaired) electrons. The van der Waals surface area contributed by atoms with Gasteiger partial charge in [-0.05, 0) is 46.2 Å². The Morgan fingerprint density at radius 3 is 2.62 bits per heavy atom. The lowest BCUT2D eigenvalue weighted by atomic mass is 9.81. The van der Waals surface area contributed by atoms with E-state index >= 15 is 0 Å². The summed E-state index contributed by atoms with van der Waals surface area (Å²) in [6.45, 7) is 2.36. The SMILES string of the molecule is CCOC(=O)CC[C@@H]1CCCC[C@H]1N(C)C. The molecule has 0 spiro atoms. The molecular formula is C13H25NO2. The molecule has 16 heavy (non-hydrogen) atoms. The third-order valence-corrected chi connectivity index (χ3v) is 3.56. The summed E-state index contributed by atoms with van der Waals surface area (Å²) in [5.74, 6) is 0.638. The molecule has 0 aromatic carbocycles. The minimum atomic E-state index is -0.0365. The molecule has 0 aromatic rings. The zero-order valence-electron chi connectivity index (χ0n) is 10.9. The van der Waals surface area contributed by atoms with E-state index in [9.17, 15) is 4.79 Å². The highest BCUT2D eigenvalue weighted by Gasteiger charge is 2.26. The van der Waals surface area contributed by atoms with E-state index in [1.165, 1.54) is 25.7 Å². The van der Waals surface area contributed by atoms with Crippen molar-refractivity contribution >= 4 is 5.97 Å². The molecule has 0 heterocycles. The third kappa shape index (κ3) is 4.12. The molecule has 1 fully saturated rings. The lowest BCUT2D eigenvalue weighted by molar-refractivity contribution is -0.143. The first-order chi connectivity index (χ1) is 7.65. The Kier molecular flexibility index (Phi) is 5.81. The number of esters is 1. The second kappa shape index (κ2) is 6.89. The minimum Gasteiger partial charge on any atom is -0.466 e. The van der Waals surface area contributed by atoms with E-state index in [4.69, 9.17) is 4.74 Å². The molecule has 0 aromatic heterocycles. The number of hydrogen-bond donors (Lipinski definition) is 0. The smallest absolute Gasteiger partial charge is 0.305 e. The van der Waals surface area contributed by atoms with Crippen molar-refractivity contribution in [2.24, 2.45) is 5.92 Å². The molecule has 1 saturated carbocycles. The summed E-state index contributed by atoms with van der Waals surface area (Å²) in [6, 6.07) is 0.656. The van der Waals surface area contributed by atoms with Gasteiger partial charge in [-0.1, -0.05) is 12.8 Å². The van der Waals surface area contributed by atoms with Crippen LogP contribution in [0.1, 0.15) is 45.4 Å². The van der Waals surface area contributed by atoms with Crippen LogP contribution in [-0.2, 0) is 9.53 Å². The van der Waals surface area contributed by atoms with E-state index in [1.807, 2.05) is 6.92 Å². The van der Waals surface area contributed by atoms with Gasteiger partial charge in [-0.2, -0.15) is 0 Å². The first-order valence-corrected chi connectivity index (χ1v) is 6.47. The maximum absolute atomic E-state index is 11.3. The number of nitrogens with zero attached hydrogens (tertiary/aromatic N) is 1. The minimum absolute atomic E-state index is 0.0365. The van der Waals surface area contributed by atoms with Crippen molar-refractivity contribution in [1.29, 1.82) is 0 Å². The van der Waals surface area contributed by atoms with Crippen LogP contribution in [0.3, 0.4) is 0 Å². The van der Waals surface area contributed by atoms with Crippen LogP contribution in [0, 0.1) is 5.92 Å². The maximum atomic E-state index is 11.3. The molecule has 1 aliphatic rings. The monoisotopic (exact) mass is 227 g/mol. The lowest BCUT2D eigenvalue weighted by Crippen LogP contribution is -2.37. The zero-order chi connectivity index (χ0) is 12.0. The molecule has 1 rings (SSSR count). The fourth-order valence-electron chi connectivity index (χ4n) is 2.74. The molecule has 0 amide bonds. The topological polar surface area (TPSA) is 29.5 Å². The zero-order valence-corrected chi connectivity index (χ0v) is 10.9. The normalized spacial score (nSPS) is 25.8. The van der Waals surface area contributed by atoms with Crippen LogP contribution >= 0.6 is 0 Å². The van der Waals surface area contributed by atoms with Crippen molar-refractivity contribution in [3.8, 4) is 0 Å². The molecule has 3 heteroatoms. The van der Waals surface area contributed by atoms with E-state index in [0.29, 0.717) is 25.0 Å². The molecule has 0 saturated heterocycles. The number of carbonyl (C=O) groups is 1. The number of hydrogen-bond acceptors (Lipinski definition) is 3. The summed E-state index contributed by atoms with van der Waals surface area (Å²) in [7, 11) is 4.29. The average Bonchev–Trinajstić information content (AvgIpc) is 2.27. The largest absolute Gasteiger partial charge is 0.466 e. The fraction of sp³-hybridized carbons (Fsp3) is 0.923. The summed E-state index contributed by atoms with van der Waals surface area (Å²) in [5.41, 5.74) is 0. The third-order valence-electron chi connectivity index (χ3n) is 3.56. The van der Waals surface area contributed by atoms with E-state index in [-0.39, 0.29) is 5.97 Å². The van der Waals surface area contributed by atoms with Gasteiger partial charge in [0.1, 0.15) is 0 Å². The van der Waals surface area contributed by atoms with Crippen molar-refractivity contribution in [1.82, 2.24) is 4.90 Å². The number of carbonyl (C=O) groups excluding carboxylic acids is 1. The Bertz CT molecular complexity index is 216. The molecule has 0 unspecified atom stereocenters. The van der Waals surface area contributed by atoms with E-state index in [1.54, 1.807) is 0 Å². The maximum Gasteiger partial charge on any atom is 0.305 e. The number of rotatable bonds is 5. The van der Waals surface area contributed by atoms with Crippen molar-refractivity contribution in [2.75, 3.05) is 20.7 Å². The Morgan fingerprint density at radius 2 is 2.00 bits per heavy atom. The highest BCUT2D eigenvalue weighted by molar-refractivity contribution is 5.69. The van der Waals surface area contributed by atoms with Crippen LogP contribution in [0.5, 0.6) is 0 Å². The van der Waals surface area contributed by atoms with Crippen LogP contribution in [0.25, 0.3) is 0 Å². The molecule has 2 atom stereocenters. The van der Waals surface area contributed by atoms with Gasteiger partial charge in [-0.3, -0.25) is 4.79 Å². The Hall–Kier alpha value is -0.570. The Labute approximate surface area is 99.1 Å². The van der Waals surface area contributed by atoms with Crippen molar-refractivity contribution in [3.05, 3.63) is 0 Å². The van der Waals surface area contributed by atoms with Gasteiger partial charge in [0.15, 0.2) is 0 Å². The van der Waals surface area contributed by atoms with Crippen LogP contribution in [-0.4, -0.2) is 37.6 Å². The predicted molar refractivity (Wildman–Crippen MR) is 65.3 cm³/mol. The predicted octanol–water partition coefficient (Wildman–Crippen LogP) is 2.45. The van der Waals surface area contributed by atoms with Crippen LogP contribution in [0.4, 0.5) is 0 Å². The summed E-state index contributed by atoms with van der Waals surface area (Å²) in [6.07, 6.45) is 6.77. The van der Waals surface area contributed by atoms with Crippen molar-refractivity contribution in [3.63, 3.8) is 0 Å². The molecule has 1 aliphatic carbocycles. The van der Waals surface area contributed by atoms with Gasteiger partial charge in [0.2, 0.25) is 0 Å². The average molecular weight is 227 g/mol. The molecule has 0 N–H and O–H groups in total. The quantitative estimate of drug-likeness (QED) is 0.676. The Morgan fingerprint density at radius 1 is 1.31 bits per heavy atom. The Balaban J connectivity index is 2.35. The number of ether oxygens (including phenoxy) is 1. The van der Waals surface area contributed by atoms with Crippen LogP contribution in [0.2, 0.25) is 0 Å². The van der Waals surface area contributed by atoms with Crippen molar-refractivity contribution < 1.29 is 9.53 Å². The molecular weight excluding hydrogens is 202 g/mol. The molecule has 0 bridgehead atoms. The van der Waals surface area contributed by atoms with Crippen molar-refractivity contribution in [2.45, 2.75) is 51.5 Å². The highest BCUT2D eigenvalue weighted by atomic mass is 16.5. The first kappa shape index (κ1) is 13.5. The second-order valence-electron chi connectivity index (χ2n) is 4.92. The standard InChI is InChI=1S/C13H25NO2/c1-4-16-13(15)10-9-11-7-5-6-8-12(11)14(2)3/h11-12H,4-10H2,1-3H3/t11-,12+/m0/s1. The van der Waals surface area contributed by atoms with Gasteiger partial charge in [-0.25, -0.2) is 0 Å². The van der Waals surface area contributed by atoms with Gasteiger partial charge < -0.3 is 9.64 Å². The summed E-state index contributed by atoms with van der Waals surface area (Å²) < 4.78 is 4.98. The van der Waals surface area contributed by atoms with E-state index in [0.717, 1.165) is 6.42 Å². The molecule has 3 nitrogen and oxygen atoms in total. The highest BCUT2D eigenvalue weighted by Crippen LogP contribution is 2.30. The van der Waals surface area contributed by atoms with Crippen LogP contribution in [0.15, 0.2) is 0 Å². The lowest BCUT2D eigenvalue weighted by Gasteiger charge is -2.36. The molecule has 0 aliphatic heterocycles.